The van der Waals surface area contributed by atoms with Gasteiger partial charge in [0.05, 0.1) is 23.1 Å². The van der Waals surface area contributed by atoms with Crippen LogP contribution < -0.4 is 9.62 Å². The predicted octanol–water partition coefficient (Wildman–Crippen LogP) is 4.34. The molecule has 1 aromatic heterocycles. The van der Waals surface area contributed by atoms with Crippen LogP contribution >= 0.6 is 11.6 Å². The van der Waals surface area contributed by atoms with Crippen LogP contribution in [0, 0.1) is 0 Å². The van der Waals surface area contributed by atoms with Gasteiger partial charge in [-0.1, -0.05) is 11.6 Å². The van der Waals surface area contributed by atoms with E-state index in [0.29, 0.717) is 38.6 Å². The largest absolute Gasteiger partial charge is 0.354 e. The number of carbonyl (C=O) groups is 1. The molecule has 1 aliphatic carbocycles. The van der Waals surface area contributed by atoms with E-state index in [9.17, 15) is 22.0 Å². The molecule has 1 saturated carbocycles. The van der Waals surface area contributed by atoms with Crippen molar-refractivity contribution >= 4 is 44.1 Å². The topological polar surface area (TPSA) is 84.3 Å². The second kappa shape index (κ2) is 8.90. The third kappa shape index (κ3) is 4.81. The number of sulfonamides is 1. The number of alkyl halides is 2. The number of amides is 1. The molecule has 33 heavy (non-hydrogen) atoms. The predicted molar refractivity (Wildman–Crippen MR) is 124 cm³/mol. The molecule has 0 saturated heterocycles. The first-order chi connectivity index (χ1) is 15.6. The molecular formula is C22H23ClF2N4O3S. The highest BCUT2D eigenvalue weighted by Gasteiger charge is 2.32. The number of anilines is 1. The van der Waals surface area contributed by atoms with E-state index < -0.39 is 22.9 Å². The lowest BCUT2D eigenvalue weighted by Crippen LogP contribution is -2.32. The minimum Gasteiger partial charge on any atom is -0.354 e. The number of benzene rings is 2. The summed E-state index contributed by atoms with van der Waals surface area (Å²) < 4.78 is 53.4. The number of halogens is 3. The highest BCUT2D eigenvalue weighted by atomic mass is 35.5. The van der Waals surface area contributed by atoms with Crippen molar-refractivity contribution in [3.8, 4) is 5.69 Å². The van der Waals surface area contributed by atoms with Gasteiger partial charge in [-0.05, 0) is 60.7 Å². The van der Waals surface area contributed by atoms with Gasteiger partial charge in [-0.3, -0.25) is 9.10 Å². The number of nitrogens with one attached hydrogen (secondary N) is 1. The molecule has 0 atom stereocenters. The first-order valence-corrected chi connectivity index (χ1v) is 12.6. The summed E-state index contributed by atoms with van der Waals surface area (Å²) in [5.74, 6) is -0.267. The number of carbonyl (C=O) groups excluding carboxylic acids is 1. The van der Waals surface area contributed by atoms with Crippen LogP contribution in [-0.4, -0.2) is 50.4 Å². The molecule has 0 spiro atoms. The smallest absolute Gasteiger partial charge is 0.270 e. The van der Waals surface area contributed by atoms with Crippen molar-refractivity contribution in [2.45, 2.75) is 31.6 Å². The first-order valence-electron chi connectivity index (χ1n) is 10.4. The van der Waals surface area contributed by atoms with E-state index in [1.54, 1.807) is 36.4 Å². The SMILES string of the molecule is CNC(=O)c1c2cc(C3CC3)c(N(CCC(F)F)S(C)(=O)=O)cc2nn1-c1ccc(Cl)cc1. The van der Waals surface area contributed by atoms with Crippen LogP contribution in [0.25, 0.3) is 16.6 Å². The molecule has 1 amide bonds. The maximum absolute atomic E-state index is 12.9. The highest BCUT2D eigenvalue weighted by molar-refractivity contribution is 7.92. The summed E-state index contributed by atoms with van der Waals surface area (Å²) in [7, 11) is -2.31. The van der Waals surface area contributed by atoms with E-state index in [1.807, 2.05) is 0 Å². The van der Waals surface area contributed by atoms with Crippen molar-refractivity contribution in [2.24, 2.45) is 0 Å². The molecule has 1 aliphatic rings. The molecule has 7 nitrogen and oxygen atoms in total. The van der Waals surface area contributed by atoms with E-state index in [4.69, 9.17) is 11.6 Å². The second-order valence-corrected chi connectivity index (χ2v) is 10.4. The standard InChI is InChI=1S/C22H23ClF2N4O3S/c1-26-22(30)21-17-11-16(13-3-4-13)19(28(33(2,31)32)10-9-20(24)25)12-18(17)27-29(21)15-7-5-14(23)6-8-15/h5-8,11-13,20H,3-4,9-10H2,1-2H3,(H,26,30). The minimum absolute atomic E-state index is 0.0941. The zero-order valence-corrected chi connectivity index (χ0v) is 19.6. The summed E-state index contributed by atoms with van der Waals surface area (Å²) >= 11 is 6.00. The number of hydrogen-bond donors (Lipinski definition) is 1. The fraction of sp³-hybridized carbons (Fsp3) is 0.364. The highest BCUT2D eigenvalue weighted by Crippen LogP contribution is 2.46. The molecule has 4 rings (SSSR count). The molecule has 1 N–H and O–H groups in total. The second-order valence-electron chi connectivity index (χ2n) is 8.03. The van der Waals surface area contributed by atoms with Gasteiger partial charge in [0.25, 0.3) is 5.91 Å². The molecule has 1 fully saturated rings. The number of nitrogens with zero attached hydrogens (tertiary/aromatic N) is 3. The zero-order valence-electron chi connectivity index (χ0n) is 18.1. The summed E-state index contributed by atoms with van der Waals surface area (Å²) in [5, 5.41) is 8.27. The Kier molecular flexibility index (Phi) is 6.32. The third-order valence-electron chi connectivity index (χ3n) is 5.57. The van der Waals surface area contributed by atoms with Crippen LogP contribution in [0.5, 0.6) is 0 Å². The number of hydrogen-bond acceptors (Lipinski definition) is 4. The quantitative estimate of drug-likeness (QED) is 0.503. The van der Waals surface area contributed by atoms with Crippen molar-refractivity contribution in [2.75, 3.05) is 24.2 Å². The van der Waals surface area contributed by atoms with Gasteiger partial charge in [0, 0.05) is 30.4 Å². The summed E-state index contributed by atoms with van der Waals surface area (Å²) in [4.78, 5) is 12.8. The van der Waals surface area contributed by atoms with E-state index in [1.165, 1.54) is 11.7 Å². The molecule has 2 aromatic carbocycles. The molecule has 3 aromatic rings. The number of rotatable bonds is 8. The lowest BCUT2D eigenvalue weighted by molar-refractivity contribution is 0.0957. The van der Waals surface area contributed by atoms with Crippen LogP contribution in [0.4, 0.5) is 14.5 Å². The molecule has 11 heteroatoms. The lowest BCUT2D eigenvalue weighted by Gasteiger charge is -2.25. The lowest BCUT2D eigenvalue weighted by atomic mass is 10.0. The van der Waals surface area contributed by atoms with Crippen molar-refractivity contribution < 1.29 is 22.0 Å². The van der Waals surface area contributed by atoms with Gasteiger partial charge in [0.15, 0.2) is 0 Å². The Hall–Kier alpha value is -2.72. The third-order valence-corrected chi connectivity index (χ3v) is 7.00. The Bertz CT molecular complexity index is 1310. The van der Waals surface area contributed by atoms with Crippen molar-refractivity contribution in [3.05, 3.63) is 52.7 Å². The van der Waals surface area contributed by atoms with E-state index in [0.717, 1.165) is 23.4 Å². The molecule has 0 aliphatic heterocycles. The fourth-order valence-corrected chi connectivity index (χ4v) is 4.94. The Morgan fingerprint density at radius 1 is 1.27 bits per heavy atom. The molecular weight excluding hydrogens is 474 g/mol. The maximum Gasteiger partial charge on any atom is 0.270 e. The Morgan fingerprint density at radius 3 is 2.48 bits per heavy atom. The molecule has 1 heterocycles. The Morgan fingerprint density at radius 2 is 1.94 bits per heavy atom. The monoisotopic (exact) mass is 496 g/mol. The van der Waals surface area contributed by atoms with Crippen LogP contribution in [0.15, 0.2) is 36.4 Å². The Labute approximate surface area is 195 Å². The summed E-state index contributed by atoms with van der Waals surface area (Å²) in [6.45, 7) is -0.345. The maximum atomic E-state index is 12.9. The fourth-order valence-electron chi connectivity index (χ4n) is 3.86. The van der Waals surface area contributed by atoms with Gasteiger partial charge in [-0.2, -0.15) is 5.10 Å². The average Bonchev–Trinajstić information content (AvgIpc) is 3.53. The van der Waals surface area contributed by atoms with Gasteiger partial charge >= 0.3 is 0 Å². The van der Waals surface area contributed by atoms with E-state index in [-0.39, 0.29) is 18.4 Å². The average molecular weight is 497 g/mol. The number of aromatic nitrogens is 2. The normalized spacial score (nSPS) is 14.1. The van der Waals surface area contributed by atoms with Crippen LogP contribution in [0.3, 0.4) is 0 Å². The van der Waals surface area contributed by atoms with Crippen LogP contribution in [0.2, 0.25) is 5.02 Å². The van der Waals surface area contributed by atoms with E-state index in [2.05, 4.69) is 10.4 Å². The van der Waals surface area contributed by atoms with Crippen molar-refractivity contribution in [3.63, 3.8) is 0 Å². The molecule has 0 radical (unpaired) electrons. The van der Waals surface area contributed by atoms with Crippen molar-refractivity contribution in [1.29, 1.82) is 0 Å². The van der Waals surface area contributed by atoms with Gasteiger partial charge in [0.1, 0.15) is 5.69 Å². The van der Waals surface area contributed by atoms with Gasteiger partial charge in [-0.15, -0.1) is 0 Å². The summed E-state index contributed by atoms with van der Waals surface area (Å²) in [5.41, 5.74) is 2.32. The van der Waals surface area contributed by atoms with Crippen molar-refractivity contribution in [1.82, 2.24) is 15.1 Å². The van der Waals surface area contributed by atoms with Gasteiger partial charge in [-0.25, -0.2) is 21.9 Å². The molecule has 0 unspecified atom stereocenters. The van der Waals surface area contributed by atoms with Crippen LogP contribution in [0.1, 0.15) is 41.2 Å². The molecule has 176 valence electrons. The molecule has 0 bridgehead atoms. The Balaban J connectivity index is 1.95. The number of fused-ring (bicyclic) bond motifs is 1. The van der Waals surface area contributed by atoms with Gasteiger partial charge in [0.2, 0.25) is 16.4 Å². The minimum atomic E-state index is -3.82. The zero-order chi connectivity index (χ0) is 23.9. The summed E-state index contributed by atoms with van der Waals surface area (Å²) in [6.07, 6.45) is -0.511. The van der Waals surface area contributed by atoms with Gasteiger partial charge < -0.3 is 5.32 Å². The summed E-state index contributed by atoms with van der Waals surface area (Å²) in [6, 6.07) is 10.1. The van der Waals surface area contributed by atoms with E-state index >= 15 is 0 Å². The van der Waals surface area contributed by atoms with Crippen LogP contribution in [-0.2, 0) is 10.0 Å². The first kappa shape index (κ1) is 23.4.